The molecule has 0 saturated carbocycles. The van der Waals surface area contributed by atoms with Crippen LogP contribution in [0.1, 0.15) is 26.7 Å². The van der Waals surface area contributed by atoms with Gasteiger partial charge in [-0.1, -0.05) is 13.8 Å². The van der Waals surface area contributed by atoms with E-state index in [2.05, 4.69) is 11.8 Å². The molecule has 23 heavy (non-hydrogen) atoms. The molecule has 0 aromatic rings. The van der Waals surface area contributed by atoms with Gasteiger partial charge in [0.1, 0.15) is 0 Å². The van der Waals surface area contributed by atoms with Gasteiger partial charge in [0.15, 0.2) is 0 Å². The second-order valence-corrected chi connectivity index (χ2v) is 7.64. The van der Waals surface area contributed by atoms with Crippen LogP contribution in [-0.2, 0) is 19.7 Å². The minimum atomic E-state index is -3.66. The van der Waals surface area contributed by atoms with Gasteiger partial charge in [0.2, 0.25) is 5.91 Å². The predicted octanol–water partition coefficient (Wildman–Crippen LogP) is -0.776. The molecule has 134 valence electrons. The summed E-state index contributed by atoms with van der Waals surface area (Å²) in [5, 5.41) is 5.14. The second kappa shape index (κ2) is 7.89. The van der Waals surface area contributed by atoms with Crippen molar-refractivity contribution in [1.29, 1.82) is 0 Å². The zero-order valence-electron chi connectivity index (χ0n) is 14.0. The van der Waals surface area contributed by atoms with Gasteiger partial charge < -0.3 is 9.64 Å². The Kier molecular flexibility index (Phi) is 6.38. The molecule has 0 aromatic heterocycles. The van der Waals surface area contributed by atoms with Crippen molar-refractivity contribution in [2.24, 2.45) is 5.14 Å². The van der Waals surface area contributed by atoms with E-state index in [0.29, 0.717) is 19.7 Å². The number of nitrogens with zero attached hydrogens (tertiary/aromatic N) is 3. The van der Waals surface area contributed by atoms with E-state index < -0.39 is 10.2 Å². The van der Waals surface area contributed by atoms with Crippen LogP contribution in [0.25, 0.3) is 0 Å². The summed E-state index contributed by atoms with van der Waals surface area (Å²) in [6.45, 7) is 7.62. The Balaban J connectivity index is 1.95. The van der Waals surface area contributed by atoms with E-state index in [9.17, 15) is 13.2 Å². The highest BCUT2D eigenvalue weighted by Crippen LogP contribution is 2.17. The van der Waals surface area contributed by atoms with Crippen LogP contribution in [0.2, 0.25) is 0 Å². The van der Waals surface area contributed by atoms with Crippen LogP contribution in [0.5, 0.6) is 0 Å². The lowest BCUT2D eigenvalue weighted by atomic mass is 10.1. The Morgan fingerprint density at radius 1 is 1.22 bits per heavy atom. The molecule has 2 heterocycles. The third-order valence-corrected chi connectivity index (χ3v) is 5.73. The first-order valence-corrected chi connectivity index (χ1v) is 9.79. The zero-order valence-corrected chi connectivity index (χ0v) is 14.8. The van der Waals surface area contributed by atoms with Crippen LogP contribution in [0.4, 0.5) is 0 Å². The van der Waals surface area contributed by atoms with Crippen molar-refractivity contribution in [2.75, 3.05) is 45.9 Å². The summed E-state index contributed by atoms with van der Waals surface area (Å²) in [7, 11) is -3.66. The fourth-order valence-corrected chi connectivity index (χ4v) is 3.91. The summed E-state index contributed by atoms with van der Waals surface area (Å²) < 4.78 is 29.6. The maximum Gasteiger partial charge on any atom is 0.277 e. The fourth-order valence-electron chi connectivity index (χ4n) is 3.23. The summed E-state index contributed by atoms with van der Waals surface area (Å²) in [4.78, 5) is 16.8. The number of carbonyl (C=O) groups is 1. The monoisotopic (exact) mass is 348 g/mol. The molecule has 2 aliphatic rings. The standard InChI is InChI=1S/C14H28N4O4S/c1-3-12-11-17(9-10-22-12)13(4-2)14(19)16-5-7-18(8-6-16)23(15,20)21/h12-13H,3-11H2,1-2H3,(H2,15,20,21)/t12-,13+/m1/s1. The Morgan fingerprint density at radius 3 is 2.39 bits per heavy atom. The number of hydrogen-bond acceptors (Lipinski definition) is 5. The third kappa shape index (κ3) is 4.63. The molecule has 2 fully saturated rings. The van der Waals surface area contributed by atoms with Crippen LogP contribution in [-0.4, -0.2) is 86.5 Å². The number of ether oxygens (including phenoxy) is 1. The summed E-state index contributed by atoms with van der Waals surface area (Å²) >= 11 is 0. The molecule has 2 saturated heterocycles. The zero-order chi connectivity index (χ0) is 17.0. The minimum Gasteiger partial charge on any atom is -0.376 e. The van der Waals surface area contributed by atoms with Crippen molar-refractivity contribution in [3.63, 3.8) is 0 Å². The molecule has 0 aromatic carbocycles. The first-order valence-electron chi connectivity index (χ1n) is 8.29. The van der Waals surface area contributed by atoms with Gasteiger partial charge >= 0.3 is 0 Å². The average Bonchev–Trinajstić information content (AvgIpc) is 2.55. The molecule has 2 N–H and O–H groups in total. The number of piperazine rings is 1. The lowest BCUT2D eigenvalue weighted by molar-refractivity contribution is -0.141. The fraction of sp³-hybridized carbons (Fsp3) is 0.929. The summed E-state index contributed by atoms with van der Waals surface area (Å²) in [5.74, 6) is 0.0818. The van der Waals surface area contributed by atoms with Crippen molar-refractivity contribution in [3.05, 3.63) is 0 Å². The molecule has 2 aliphatic heterocycles. The van der Waals surface area contributed by atoms with E-state index in [1.165, 1.54) is 4.31 Å². The molecule has 9 heteroatoms. The van der Waals surface area contributed by atoms with Crippen LogP contribution < -0.4 is 5.14 Å². The summed E-state index contributed by atoms with van der Waals surface area (Å²) in [6.07, 6.45) is 1.86. The third-order valence-electron chi connectivity index (χ3n) is 4.65. The van der Waals surface area contributed by atoms with Crippen molar-refractivity contribution >= 4 is 16.1 Å². The number of amides is 1. The molecule has 0 aliphatic carbocycles. The van der Waals surface area contributed by atoms with E-state index in [1.807, 2.05) is 6.92 Å². The van der Waals surface area contributed by atoms with Crippen molar-refractivity contribution < 1.29 is 17.9 Å². The van der Waals surface area contributed by atoms with Gasteiger partial charge in [-0.15, -0.1) is 0 Å². The summed E-state index contributed by atoms with van der Waals surface area (Å²) in [5.41, 5.74) is 0. The SMILES string of the molecule is CC[C@@H]1CN([C@@H](CC)C(=O)N2CCN(S(N)(=O)=O)CC2)CCO1. The first kappa shape index (κ1) is 18.6. The van der Waals surface area contributed by atoms with E-state index in [0.717, 1.165) is 25.9 Å². The lowest BCUT2D eigenvalue weighted by Crippen LogP contribution is -2.58. The quantitative estimate of drug-likeness (QED) is 0.703. The van der Waals surface area contributed by atoms with Gasteiger partial charge in [-0.2, -0.15) is 12.7 Å². The molecular formula is C14H28N4O4S. The van der Waals surface area contributed by atoms with Gasteiger partial charge in [-0.25, -0.2) is 5.14 Å². The highest BCUT2D eigenvalue weighted by molar-refractivity contribution is 7.86. The van der Waals surface area contributed by atoms with Crippen LogP contribution >= 0.6 is 0 Å². The van der Waals surface area contributed by atoms with E-state index in [4.69, 9.17) is 9.88 Å². The maximum absolute atomic E-state index is 12.8. The first-order chi connectivity index (χ1) is 10.9. The predicted molar refractivity (Wildman–Crippen MR) is 86.9 cm³/mol. The van der Waals surface area contributed by atoms with Crippen LogP contribution in [0.15, 0.2) is 0 Å². The van der Waals surface area contributed by atoms with Gasteiger partial charge in [0.25, 0.3) is 10.2 Å². The molecule has 0 radical (unpaired) electrons. The maximum atomic E-state index is 12.8. The highest BCUT2D eigenvalue weighted by atomic mass is 32.2. The van der Waals surface area contributed by atoms with Crippen molar-refractivity contribution in [3.8, 4) is 0 Å². The van der Waals surface area contributed by atoms with Gasteiger partial charge in [0, 0.05) is 39.3 Å². The van der Waals surface area contributed by atoms with E-state index in [-0.39, 0.29) is 31.1 Å². The van der Waals surface area contributed by atoms with Crippen LogP contribution in [0, 0.1) is 0 Å². The molecular weight excluding hydrogens is 320 g/mol. The van der Waals surface area contributed by atoms with Crippen LogP contribution in [0.3, 0.4) is 0 Å². The van der Waals surface area contributed by atoms with Gasteiger partial charge in [-0.05, 0) is 12.8 Å². The van der Waals surface area contributed by atoms with E-state index in [1.54, 1.807) is 4.90 Å². The van der Waals surface area contributed by atoms with Crippen molar-refractivity contribution in [1.82, 2.24) is 14.1 Å². The topological polar surface area (TPSA) is 96.2 Å². The van der Waals surface area contributed by atoms with Gasteiger partial charge in [-0.3, -0.25) is 9.69 Å². The number of hydrogen-bond donors (Lipinski definition) is 1. The largest absolute Gasteiger partial charge is 0.376 e. The smallest absolute Gasteiger partial charge is 0.277 e. The average molecular weight is 348 g/mol. The number of rotatable bonds is 5. The molecule has 8 nitrogen and oxygen atoms in total. The Morgan fingerprint density at radius 2 is 1.87 bits per heavy atom. The Hall–Kier alpha value is -0.740. The molecule has 1 amide bonds. The van der Waals surface area contributed by atoms with Gasteiger partial charge in [0.05, 0.1) is 18.8 Å². The number of carbonyl (C=O) groups excluding carboxylic acids is 1. The number of morpholine rings is 1. The Bertz CT molecular complexity index is 505. The second-order valence-electron chi connectivity index (χ2n) is 6.09. The Labute approximate surface area is 138 Å². The van der Waals surface area contributed by atoms with E-state index >= 15 is 0 Å². The normalized spacial score (nSPS) is 26.2. The highest BCUT2D eigenvalue weighted by Gasteiger charge is 2.34. The molecule has 2 rings (SSSR count). The molecule has 0 bridgehead atoms. The van der Waals surface area contributed by atoms with Crippen molar-refractivity contribution in [2.45, 2.75) is 38.8 Å². The lowest BCUT2D eigenvalue weighted by Gasteiger charge is -2.40. The number of nitrogens with two attached hydrogens (primary N) is 1. The molecule has 0 spiro atoms. The minimum absolute atomic E-state index is 0.0818. The molecule has 0 unspecified atom stereocenters. The molecule has 2 atom stereocenters. The summed E-state index contributed by atoms with van der Waals surface area (Å²) in [6, 6.07) is -0.158.